The molecule has 0 aromatic rings. The van der Waals surface area contributed by atoms with Crippen LogP contribution in [0.3, 0.4) is 0 Å². The molecule has 1 N–H and O–H groups in total. The molecule has 0 spiro atoms. The molecule has 0 atom stereocenters. The van der Waals surface area contributed by atoms with Gasteiger partial charge in [-0.2, -0.15) is 0 Å². The quantitative estimate of drug-likeness (QED) is 0.663. The van der Waals surface area contributed by atoms with Crippen molar-refractivity contribution in [2.75, 3.05) is 26.3 Å². The fraction of sp³-hybridized carbons (Fsp3) is 1.00. The molecule has 0 radical (unpaired) electrons. The third-order valence-corrected chi connectivity index (χ3v) is 3.37. The van der Waals surface area contributed by atoms with Crippen molar-refractivity contribution in [3.05, 3.63) is 0 Å². The summed E-state index contributed by atoms with van der Waals surface area (Å²) in [5, 5.41) is 3.38. The number of hydrogen-bond acceptors (Lipinski definition) is 2. The molecule has 0 aliphatic carbocycles. The minimum atomic E-state index is 0.525. The minimum Gasteiger partial charge on any atom is -0.381 e. The Balaban J connectivity index is 2.15. The van der Waals surface area contributed by atoms with Crippen LogP contribution < -0.4 is 5.32 Å². The highest BCUT2D eigenvalue weighted by molar-refractivity contribution is 4.94. The van der Waals surface area contributed by atoms with Crippen LogP contribution in [0.25, 0.3) is 0 Å². The van der Waals surface area contributed by atoms with E-state index in [-0.39, 0.29) is 0 Å². The molecule has 14 heavy (non-hydrogen) atoms. The molecule has 1 aliphatic heterocycles. The summed E-state index contributed by atoms with van der Waals surface area (Å²) < 4.78 is 5.65. The average molecular weight is 199 g/mol. The lowest BCUT2D eigenvalue weighted by Crippen LogP contribution is -2.56. The van der Waals surface area contributed by atoms with Crippen LogP contribution in [0.4, 0.5) is 0 Å². The van der Waals surface area contributed by atoms with E-state index in [0.717, 1.165) is 19.1 Å². The van der Waals surface area contributed by atoms with E-state index >= 15 is 0 Å². The van der Waals surface area contributed by atoms with Gasteiger partial charge in [0, 0.05) is 26.3 Å². The summed E-state index contributed by atoms with van der Waals surface area (Å²) in [6, 6.07) is 0. The van der Waals surface area contributed by atoms with Crippen molar-refractivity contribution >= 4 is 0 Å². The molecule has 0 bridgehead atoms. The van der Waals surface area contributed by atoms with E-state index in [9.17, 15) is 0 Å². The minimum absolute atomic E-state index is 0.525. The summed E-state index contributed by atoms with van der Waals surface area (Å²) >= 11 is 0. The van der Waals surface area contributed by atoms with Crippen molar-refractivity contribution in [1.82, 2.24) is 5.32 Å². The first-order valence-corrected chi connectivity index (χ1v) is 5.85. The van der Waals surface area contributed by atoms with Gasteiger partial charge in [0.1, 0.15) is 0 Å². The molecule has 0 unspecified atom stereocenters. The Morgan fingerprint density at radius 2 is 1.86 bits per heavy atom. The van der Waals surface area contributed by atoms with Gasteiger partial charge in [0.25, 0.3) is 0 Å². The van der Waals surface area contributed by atoms with Crippen LogP contribution in [0.1, 0.15) is 34.1 Å². The monoisotopic (exact) mass is 199 g/mol. The van der Waals surface area contributed by atoms with Crippen molar-refractivity contribution in [2.24, 2.45) is 17.3 Å². The molecule has 1 rings (SSSR count). The highest BCUT2D eigenvalue weighted by Gasteiger charge is 2.39. The Kier molecular flexibility index (Phi) is 4.39. The van der Waals surface area contributed by atoms with E-state index in [1.54, 1.807) is 0 Å². The number of ether oxygens (including phenoxy) is 1. The van der Waals surface area contributed by atoms with Crippen LogP contribution >= 0.6 is 0 Å². The molecule has 0 aromatic heterocycles. The molecule has 1 heterocycles. The lowest BCUT2D eigenvalue weighted by atomic mass is 9.70. The fourth-order valence-corrected chi connectivity index (χ4v) is 1.91. The summed E-state index contributed by atoms with van der Waals surface area (Å²) in [5.74, 6) is 1.43. The predicted octanol–water partition coefficient (Wildman–Crippen LogP) is 2.29. The molecule has 84 valence electrons. The SMILES string of the molecule is CC(C)COCCC1(C(C)C)CNC1. The molecular weight excluding hydrogens is 174 g/mol. The van der Waals surface area contributed by atoms with E-state index in [1.165, 1.54) is 19.5 Å². The van der Waals surface area contributed by atoms with E-state index in [2.05, 4.69) is 33.0 Å². The van der Waals surface area contributed by atoms with E-state index < -0.39 is 0 Å². The van der Waals surface area contributed by atoms with Crippen LogP contribution in [-0.2, 0) is 4.74 Å². The van der Waals surface area contributed by atoms with Crippen LogP contribution in [0.5, 0.6) is 0 Å². The number of rotatable bonds is 6. The largest absolute Gasteiger partial charge is 0.381 e. The maximum atomic E-state index is 5.65. The molecule has 1 aliphatic rings. The first-order valence-electron chi connectivity index (χ1n) is 5.85. The summed E-state index contributed by atoms with van der Waals surface area (Å²) in [6.45, 7) is 13.2. The molecule has 0 aromatic carbocycles. The molecule has 0 saturated carbocycles. The van der Waals surface area contributed by atoms with Gasteiger partial charge in [-0.15, -0.1) is 0 Å². The lowest BCUT2D eigenvalue weighted by Gasteiger charge is -2.46. The maximum absolute atomic E-state index is 5.65. The van der Waals surface area contributed by atoms with Gasteiger partial charge >= 0.3 is 0 Å². The summed E-state index contributed by atoms with van der Waals surface area (Å²) in [4.78, 5) is 0. The zero-order chi connectivity index (χ0) is 10.6. The van der Waals surface area contributed by atoms with Gasteiger partial charge in [-0.25, -0.2) is 0 Å². The first kappa shape index (κ1) is 12.0. The fourth-order valence-electron chi connectivity index (χ4n) is 1.91. The summed E-state index contributed by atoms with van der Waals surface area (Å²) in [5.41, 5.74) is 0.525. The van der Waals surface area contributed by atoms with Crippen LogP contribution in [0, 0.1) is 17.3 Å². The van der Waals surface area contributed by atoms with Crippen molar-refractivity contribution in [2.45, 2.75) is 34.1 Å². The van der Waals surface area contributed by atoms with Gasteiger partial charge in [0.15, 0.2) is 0 Å². The van der Waals surface area contributed by atoms with Crippen molar-refractivity contribution < 1.29 is 4.74 Å². The van der Waals surface area contributed by atoms with Gasteiger partial charge in [-0.1, -0.05) is 27.7 Å². The topological polar surface area (TPSA) is 21.3 Å². The molecular formula is C12H25NO. The van der Waals surface area contributed by atoms with Gasteiger partial charge in [0.05, 0.1) is 0 Å². The molecule has 2 heteroatoms. The standard InChI is InChI=1S/C12H25NO/c1-10(2)7-14-6-5-12(11(3)4)8-13-9-12/h10-11,13H,5-9H2,1-4H3. The Hall–Kier alpha value is -0.0800. The zero-order valence-electron chi connectivity index (χ0n) is 10.1. The molecule has 1 saturated heterocycles. The summed E-state index contributed by atoms with van der Waals surface area (Å²) in [6.07, 6.45) is 1.21. The van der Waals surface area contributed by atoms with Crippen LogP contribution in [-0.4, -0.2) is 26.3 Å². The maximum Gasteiger partial charge on any atom is 0.0488 e. The van der Waals surface area contributed by atoms with E-state index in [0.29, 0.717) is 11.3 Å². The first-order chi connectivity index (χ1) is 6.57. The van der Waals surface area contributed by atoms with Gasteiger partial charge in [-0.3, -0.25) is 0 Å². The third-order valence-electron chi connectivity index (χ3n) is 3.37. The van der Waals surface area contributed by atoms with Gasteiger partial charge < -0.3 is 10.1 Å². The van der Waals surface area contributed by atoms with Gasteiger partial charge in [-0.05, 0) is 23.7 Å². The Bertz CT molecular complexity index is 162. The Morgan fingerprint density at radius 3 is 2.21 bits per heavy atom. The Morgan fingerprint density at radius 1 is 1.21 bits per heavy atom. The normalized spacial score (nSPS) is 20.1. The molecule has 0 amide bonds. The number of hydrogen-bond donors (Lipinski definition) is 1. The summed E-state index contributed by atoms with van der Waals surface area (Å²) in [7, 11) is 0. The highest BCUT2D eigenvalue weighted by Crippen LogP contribution is 2.35. The van der Waals surface area contributed by atoms with E-state index in [1.807, 2.05) is 0 Å². The van der Waals surface area contributed by atoms with Crippen molar-refractivity contribution in [1.29, 1.82) is 0 Å². The van der Waals surface area contributed by atoms with Crippen molar-refractivity contribution in [3.8, 4) is 0 Å². The van der Waals surface area contributed by atoms with Crippen LogP contribution in [0.2, 0.25) is 0 Å². The number of nitrogens with one attached hydrogen (secondary N) is 1. The average Bonchev–Trinajstić information content (AvgIpc) is 1.99. The second-order valence-corrected chi connectivity index (χ2v) is 5.34. The molecule has 2 nitrogen and oxygen atoms in total. The third kappa shape index (κ3) is 2.96. The second-order valence-electron chi connectivity index (χ2n) is 5.34. The smallest absolute Gasteiger partial charge is 0.0488 e. The predicted molar refractivity (Wildman–Crippen MR) is 60.4 cm³/mol. The lowest BCUT2D eigenvalue weighted by molar-refractivity contribution is 0.0265. The van der Waals surface area contributed by atoms with E-state index in [4.69, 9.17) is 4.74 Å². The van der Waals surface area contributed by atoms with Gasteiger partial charge in [0.2, 0.25) is 0 Å². The highest BCUT2D eigenvalue weighted by atomic mass is 16.5. The Labute approximate surface area is 88.4 Å². The molecule has 1 fully saturated rings. The zero-order valence-corrected chi connectivity index (χ0v) is 10.1. The second kappa shape index (κ2) is 5.13. The van der Waals surface area contributed by atoms with Crippen LogP contribution in [0.15, 0.2) is 0 Å². The van der Waals surface area contributed by atoms with Crippen molar-refractivity contribution in [3.63, 3.8) is 0 Å².